The summed E-state index contributed by atoms with van der Waals surface area (Å²) in [7, 11) is -8.09. The maximum Gasteiger partial charge on any atom is 0.357 e. The van der Waals surface area contributed by atoms with Gasteiger partial charge in [-0.3, -0.25) is 18.5 Å². The van der Waals surface area contributed by atoms with Gasteiger partial charge in [0.05, 0.1) is 34.8 Å². The van der Waals surface area contributed by atoms with E-state index in [0.29, 0.717) is 22.7 Å². The maximum atomic E-state index is 12.4. The third kappa shape index (κ3) is 11.2. The molecule has 0 aromatic heterocycles. The van der Waals surface area contributed by atoms with Gasteiger partial charge in [0.1, 0.15) is 33.5 Å². The van der Waals surface area contributed by atoms with E-state index in [4.69, 9.17) is 13.5 Å². The number of hydrogen-bond donors (Lipinski definition) is 6. The maximum absolute atomic E-state index is 12.4. The Balaban J connectivity index is 1.26. The van der Waals surface area contributed by atoms with Crippen LogP contribution in [-0.2, 0) is 36.4 Å². The summed E-state index contributed by atoms with van der Waals surface area (Å²) >= 11 is -2.48. The van der Waals surface area contributed by atoms with Crippen molar-refractivity contribution in [2.75, 3.05) is 17.7 Å². The molecule has 1 amide bonds. The minimum absolute atomic E-state index is 0.0705. The second-order valence-corrected chi connectivity index (χ2v) is 15.9. The Hall–Kier alpha value is -7.02. The van der Waals surface area contributed by atoms with Crippen LogP contribution in [0.4, 0.5) is 51.2 Å². The van der Waals surface area contributed by atoms with E-state index in [0.717, 1.165) is 6.07 Å². The molecular formula is C38H32N8O12S3. The summed E-state index contributed by atoms with van der Waals surface area (Å²) in [6.45, 7) is 1.67. The number of phenols is 1. The number of carbonyl (C=O) groups is 1. The molecule has 0 aliphatic heterocycles. The van der Waals surface area contributed by atoms with Gasteiger partial charge in [0.2, 0.25) is 5.91 Å². The molecule has 23 heteroatoms. The quantitative estimate of drug-likeness (QED) is 0.0318. The summed E-state index contributed by atoms with van der Waals surface area (Å²) in [6, 6.07) is 25.8. The van der Waals surface area contributed by atoms with Crippen molar-refractivity contribution in [2.45, 2.75) is 23.1 Å². The lowest BCUT2D eigenvalue weighted by Gasteiger charge is -2.12. The molecule has 1 unspecified atom stereocenters. The van der Waals surface area contributed by atoms with Crippen LogP contribution in [0.5, 0.6) is 17.2 Å². The number of nitrogens with zero attached hydrogens (tertiary/aromatic N) is 6. The largest absolute Gasteiger partial charge is 0.505 e. The van der Waals surface area contributed by atoms with Gasteiger partial charge in [0.25, 0.3) is 20.2 Å². The Bertz CT molecular complexity index is 3000. The summed E-state index contributed by atoms with van der Waals surface area (Å²) in [5.74, 6) is -0.693. The van der Waals surface area contributed by atoms with Crippen molar-refractivity contribution in [1.29, 1.82) is 0 Å². The van der Waals surface area contributed by atoms with Crippen LogP contribution in [0.3, 0.4) is 0 Å². The molecule has 61 heavy (non-hydrogen) atoms. The van der Waals surface area contributed by atoms with Crippen LogP contribution in [0.25, 0.3) is 10.8 Å². The SMILES string of the molecule is CCC(=O)Nc1cc(N=Nc2ccc(N=Nc3c(S(=O)(=O)O)cc4ccc(Nc5cccc(S(=O)(=O)O)c5)cc4c3O)c(OC)c2)ccc1N=Nc1ccc(OS(=O)O)cc1. The Labute approximate surface area is 349 Å². The first kappa shape index (κ1) is 43.6. The first-order valence-electron chi connectivity index (χ1n) is 17.4. The van der Waals surface area contributed by atoms with Gasteiger partial charge in [0.15, 0.2) is 5.75 Å². The van der Waals surface area contributed by atoms with Crippen molar-refractivity contribution in [2.24, 2.45) is 30.7 Å². The summed E-state index contributed by atoms with van der Waals surface area (Å²) in [6.07, 6.45) is 0.176. The summed E-state index contributed by atoms with van der Waals surface area (Å²) in [5.41, 5.74) is 1.67. The highest BCUT2D eigenvalue weighted by Gasteiger charge is 2.23. The van der Waals surface area contributed by atoms with Gasteiger partial charge < -0.3 is 24.7 Å². The number of hydrogen-bond acceptors (Lipinski definition) is 16. The van der Waals surface area contributed by atoms with Crippen molar-refractivity contribution >= 4 is 99.5 Å². The minimum atomic E-state index is -4.94. The number of methoxy groups -OCH3 is 1. The monoisotopic (exact) mass is 888 g/mol. The normalized spacial score (nSPS) is 12.6. The molecule has 0 aliphatic carbocycles. The van der Waals surface area contributed by atoms with E-state index in [2.05, 4.69) is 41.3 Å². The molecule has 0 saturated heterocycles. The smallest absolute Gasteiger partial charge is 0.357 e. The number of amides is 1. The van der Waals surface area contributed by atoms with Gasteiger partial charge in [-0.05, 0) is 96.4 Å². The second kappa shape index (κ2) is 18.5. The van der Waals surface area contributed by atoms with E-state index in [1.54, 1.807) is 19.1 Å². The van der Waals surface area contributed by atoms with E-state index in [1.807, 2.05) is 0 Å². The Morgan fingerprint density at radius 1 is 0.721 bits per heavy atom. The molecular weight excluding hydrogens is 857 g/mol. The molecule has 6 aromatic rings. The summed E-state index contributed by atoms with van der Waals surface area (Å²) < 4.78 is 97.4. The van der Waals surface area contributed by atoms with Gasteiger partial charge in [-0.25, -0.2) is 0 Å². The molecule has 0 radical (unpaired) electrons. The molecule has 6 rings (SSSR count). The summed E-state index contributed by atoms with van der Waals surface area (Å²) in [4.78, 5) is 11.2. The summed E-state index contributed by atoms with van der Waals surface area (Å²) in [5, 5.41) is 42.2. The first-order chi connectivity index (χ1) is 29.0. The number of ether oxygens (including phenoxy) is 1. The predicted molar refractivity (Wildman–Crippen MR) is 224 cm³/mol. The number of benzene rings is 6. The number of nitrogens with one attached hydrogen (secondary N) is 2. The molecule has 6 N–H and O–H groups in total. The van der Waals surface area contributed by atoms with Crippen molar-refractivity contribution in [3.63, 3.8) is 0 Å². The zero-order valence-electron chi connectivity index (χ0n) is 31.6. The van der Waals surface area contributed by atoms with Crippen molar-refractivity contribution in [3.8, 4) is 17.2 Å². The molecule has 1 atom stereocenters. The first-order valence-corrected chi connectivity index (χ1v) is 21.3. The Morgan fingerprint density at radius 2 is 1.36 bits per heavy atom. The number of anilines is 3. The van der Waals surface area contributed by atoms with E-state index < -0.39 is 47.9 Å². The fourth-order valence-corrected chi connectivity index (χ4v) is 6.88. The highest BCUT2D eigenvalue weighted by atomic mass is 32.2. The molecule has 0 bridgehead atoms. The lowest BCUT2D eigenvalue weighted by molar-refractivity contribution is -0.115. The van der Waals surface area contributed by atoms with E-state index in [1.165, 1.54) is 98.1 Å². The predicted octanol–water partition coefficient (Wildman–Crippen LogP) is 9.90. The molecule has 0 heterocycles. The van der Waals surface area contributed by atoms with Crippen molar-refractivity contribution < 1.29 is 53.5 Å². The third-order valence-electron chi connectivity index (χ3n) is 8.31. The van der Waals surface area contributed by atoms with Crippen molar-refractivity contribution in [3.05, 3.63) is 109 Å². The average molecular weight is 889 g/mol. The fourth-order valence-electron chi connectivity index (χ4n) is 5.42. The number of fused-ring (bicyclic) bond motifs is 1. The molecule has 0 spiro atoms. The third-order valence-corrected chi connectivity index (χ3v) is 10.4. The van der Waals surface area contributed by atoms with Gasteiger partial charge >= 0.3 is 11.4 Å². The highest BCUT2D eigenvalue weighted by molar-refractivity contribution is 7.86. The second-order valence-electron chi connectivity index (χ2n) is 12.5. The van der Waals surface area contributed by atoms with Gasteiger partial charge in [-0.1, -0.05) is 19.1 Å². The van der Waals surface area contributed by atoms with E-state index in [-0.39, 0.29) is 62.2 Å². The van der Waals surface area contributed by atoms with Crippen LogP contribution in [0.2, 0.25) is 0 Å². The standard InChI is InChI=1S/C38H32N8O12S3/c1-3-36(47)40-33-20-26(11-15-31(33)44-41-23-9-13-28(14-10-23)58-59(49)50)42-43-27-12-16-32(34(21-27)57-2)45-46-37-35(61(54,55)56)17-22-7-8-25(19-30(22)38(37)48)39-24-5-4-6-29(18-24)60(51,52)53/h4-21,39,48H,3H2,1-2H3,(H,40,47)(H,49,50)(H,51,52,53)(H,54,55,56). The Kier molecular flexibility index (Phi) is 13.2. The van der Waals surface area contributed by atoms with Crippen LogP contribution in [0, 0.1) is 0 Å². The number of aromatic hydroxyl groups is 1. The average Bonchev–Trinajstić information content (AvgIpc) is 3.22. The van der Waals surface area contributed by atoms with E-state index >= 15 is 0 Å². The van der Waals surface area contributed by atoms with Crippen LogP contribution >= 0.6 is 0 Å². The lowest BCUT2D eigenvalue weighted by atomic mass is 10.1. The Morgan fingerprint density at radius 3 is 2.02 bits per heavy atom. The molecule has 0 saturated carbocycles. The van der Waals surface area contributed by atoms with Crippen LogP contribution in [-0.4, -0.2) is 52.8 Å². The number of rotatable bonds is 15. The van der Waals surface area contributed by atoms with E-state index in [9.17, 15) is 40.1 Å². The van der Waals surface area contributed by atoms with Crippen LogP contribution in [0.1, 0.15) is 13.3 Å². The number of carbonyl (C=O) groups excluding carboxylic acids is 1. The molecule has 314 valence electrons. The van der Waals surface area contributed by atoms with Gasteiger partial charge in [-0.15, -0.1) is 15.3 Å². The fraction of sp³-hybridized carbons (Fsp3) is 0.0789. The minimum Gasteiger partial charge on any atom is -0.505 e. The van der Waals surface area contributed by atoms with Crippen molar-refractivity contribution in [1.82, 2.24) is 0 Å². The van der Waals surface area contributed by atoms with Crippen LogP contribution < -0.4 is 19.6 Å². The number of azo groups is 3. The number of phenolic OH excluding ortho intramolecular Hbond substituents is 1. The molecule has 0 aliphatic rings. The van der Waals surface area contributed by atoms with Gasteiger partial charge in [0, 0.05) is 29.2 Å². The zero-order valence-corrected chi connectivity index (χ0v) is 34.0. The molecule has 20 nitrogen and oxygen atoms in total. The molecule has 6 aromatic carbocycles. The van der Waals surface area contributed by atoms with Crippen LogP contribution in [0.15, 0.2) is 150 Å². The highest BCUT2D eigenvalue weighted by Crippen LogP contribution is 2.43. The van der Waals surface area contributed by atoms with Gasteiger partial charge in [-0.2, -0.15) is 36.4 Å². The molecule has 0 fully saturated rings. The zero-order chi connectivity index (χ0) is 43.9. The topological polar surface area (TPSA) is 300 Å². The lowest BCUT2D eigenvalue weighted by Crippen LogP contribution is -2.09.